The minimum atomic E-state index is -0.411. The second-order valence-corrected chi connectivity index (χ2v) is 9.17. The number of nitrogens with one attached hydrogen (secondary N) is 1. The number of nitrogens with zero attached hydrogens (tertiary/aromatic N) is 4. The highest BCUT2D eigenvalue weighted by Gasteiger charge is 2.19. The van der Waals surface area contributed by atoms with Crippen LogP contribution in [0.3, 0.4) is 0 Å². The van der Waals surface area contributed by atoms with Crippen molar-refractivity contribution in [2.75, 3.05) is 29.1 Å². The molecule has 4 rings (SSSR count). The maximum atomic E-state index is 13.4. The molecule has 0 spiro atoms. The Labute approximate surface area is 181 Å². The minimum Gasteiger partial charge on any atom is -0.348 e. The van der Waals surface area contributed by atoms with E-state index < -0.39 is 5.82 Å². The highest BCUT2D eigenvalue weighted by Crippen LogP contribution is 2.29. The number of hydrogen-bond acceptors (Lipinski definition) is 7. The van der Waals surface area contributed by atoms with E-state index in [1.165, 1.54) is 34.5 Å². The van der Waals surface area contributed by atoms with Gasteiger partial charge in [-0.15, -0.1) is 0 Å². The Morgan fingerprint density at radius 3 is 2.80 bits per heavy atom. The molecule has 158 valence electrons. The van der Waals surface area contributed by atoms with Crippen LogP contribution in [0.15, 0.2) is 28.2 Å². The van der Waals surface area contributed by atoms with Gasteiger partial charge in [-0.3, -0.25) is 14.2 Å². The molecule has 1 fully saturated rings. The first-order chi connectivity index (χ1) is 14.4. The Kier molecular flexibility index (Phi) is 6.05. The minimum absolute atomic E-state index is 0.0465. The molecule has 0 bridgehead atoms. The number of benzene rings is 1. The SMILES string of the molecule is Cc1ccc(F)cc1NC(=O)CSc1nc2nc(N3CCCCC3)sc2c(=O)n1C. The van der Waals surface area contributed by atoms with Crippen LogP contribution in [0.5, 0.6) is 0 Å². The third-order valence-electron chi connectivity index (χ3n) is 5.02. The molecule has 3 aromatic rings. The molecule has 10 heteroatoms. The average molecular weight is 448 g/mol. The van der Waals surface area contributed by atoms with Crippen molar-refractivity contribution < 1.29 is 9.18 Å². The van der Waals surface area contributed by atoms with E-state index >= 15 is 0 Å². The molecule has 0 saturated carbocycles. The van der Waals surface area contributed by atoms with Gasteiger partial charge in [0.1, 0.15) is 10.5 Å². The number of rotatable bonds is 5. The van der Waals surface area contributed by atoms with Crippen LogP contribution in [0.4, 0.5) is 15.2 Å². The molecule has 0 unspecified atom stereocenters. The standard InChI is InChI=1S/C20H22FN5O2S2/c1-12-6-7-13(21)10-14(12)22-15(27)11-29-19-23-17-16(18(28)25(19)2)30-20(24-17)26-8-4-3-5-9-26/h6-7,10H,3-5,8-9,11H2,1-2H3,(H,22,27). The van der Waals surface area contributed by atoms with E-state index in [0.29, 0.717) is 21.2 Å². The average Bonchev–Trinajstić information content (AvgIpc) is 3.17. The van der Waals surface area contributed by atoms with Crippen molar-refractivity contribution in [3.63, 3.8) is 0 Å². The molecule has 0 aliphatic carbocycles. The molecule has 1 amide bonds. The molecule has 1 N–H and O–H groups in total. The van der Waals surface area contributed by atoms with Crippen LogP contribution in [0.1, 0.15) is 24.8 Å². The lowest BCUT2D eigenvalue weighted by Gasteiger charge is -2.25. The third kappa shape index (κ3) is 4.34. The van der Waals surface area contributed by atoms with Crippen molar-refractivity contribution >= 4 is 50.2 Å². The van der Waals surface area contributed by atoms with Crippen LogP contribution < -0.4 is 15.8 Å². The maximum absolute atomic E-state index is 13.4. The lowest BCUT2D eigenvalue weighted by atomic mass is 10.1. The molecule has 30 heavy (non-hydrogen) atoms. The van der Waals surface area contributed by atoms with Gasteiger partial charge in [0.05, 0.1) is 5.75 Å². The Morgan fingerprint density at radius 1 is 1.27 bits per heavy atom. The lowest BCUT2D eigenvalue weighted by Crippen LogP contribution is -2.29. The van der Waals surface area contributed by atoms with Crippen molar-refractivity contribution in [1.29, 1.82) is 0 Å². The fourth-order valence-corrected chi connectivity index (χ4v) is 5.11. The quantitative estimate of drug-likeness (QED) is 0.476. The van der Waals surface area contributed by atoms with E-state index in [1.54, 1.807) is 20.0 Å². The van der Waals surface area contributed by atoms with E-state index in [-0.39, 0.29) is 17.2 Å². The largest absolute Gasteiger partial charge is 0.348 e. The van der Waals surface area contributed by atoms with Crippen molar-refractivity contribution in [1.82, 2.24) is 14.5 Å². The highest BCUT2D eigenvalue weighted by molar-refractivity contribution is 7.99. The number of amides is 1. The van der Waals surface area contributed by atoms with Gasteiger partial charge in [-0.25, -0.2) is 9.37 Å². The first kappa shape index (κ1) is 20.8. The number of piperidine rings is 1. The summed E-state index contributed by atoms with van der Waals surface area (Å²) in [7, 11) is 1.64. The number of carbonyl (C=O) groups is 1. The van der Waals surface area contributed by atoms with Crippen molar-refractivity contribution in [3.05, 3.63) is 39.9 Å². The molecule has 1 saturated heterocycles. The molecule has 0 radical (unpaired) electrons. The van der Waals surface area contributed by atoms with Gasteiger partial charge in [0.15, 0.2) is 15.9 Å². The number of aryl methyl sites for hydroxylation is 1. The van der Waals surface area contributed by atoms with Gasteiger partial charge in [-0.1, -0.05) is 29.2 Å². The van der Waals surface area contributed by atoms with Crippen molar-refractivity contribution in [2.24, 2.45) is 7.05 Å². The lowest BCUT2D eigenvalue weighted by molar-refractivity contribution is -0.113. The summed E-state index contributed by atoms with van der Waals surface area (Å²) < 4.78 is 15.4. The first-order valence-electron chi connectivity index (χ1n) is 9.73. The number of fused-ring (bicyclic) bond motifs is 1. The van der Waals surface area contributed by atoms with E-state index in [1.807, 2.05) is 0 Å². The number of anilines is 2. The fraction of sp³-hybridized carbons (Fsp3) is 0.400. The molecule has 0 atom stereocenters. The van der Waals surface area contributed by atoms with Gasteiger partial charge >= 0.3 is 0 Å². The predicted molar refractivity (Wildman–Crippen MR) is 119 cm³/mol. The molecule has 2 aromatic heterocycles. The van der Waals surface area contributed by atoms with Crippen LogP contribution in [0.2, 0.25) is 0 Å². The molecule has 7 nitrogen and oxygen atoms in total. The zero-order valence-electron chi connectivity index (χ0n) is 16.8. The van der Waals surface area contributed by atoms with Gasteiger partial charge < -0.3 is 10.2 Å². The molecule has 1 aromatic carbocycles. The van der Waals surface area contributed by atoms with Gasteiger partial charge in [0.25, 0.3) is 5.56 Å². The van der Waals surface area contributed by atoms with E-state index in [0.717, 1.165) is 48.4 Å². The topological polar surface area (TPSA) is 80.1 Å². The number of aromatic nitrogens is 3. The smallest absolute Gasteiger partial charge is 0.273 e. The molecule has 1 aliphatic rings. The summed E-state index contributed by atoms with van der Waals surface area (Å²) in [5.74, 6) is -0.661. The summed E-state index contributed by atoms with van der Waals surface area (Å²) in [5.41, 5.74) is 1.47. The van der Waals surface area contributed by atoms with Gasteiger partial charge in [-0.2, -0.15) is 4.98 Å². The Balaban J connectivity index is 1.51. The van der Waals surface area contributed by atoms with Crippen molar-refractivity contribution in [2.45, 2.75) is 31.3 Å². The van der Waals surface area contributed by atoms with E-state index in [9.17, 15) is 14.0 Å². The van der Waals surface area contributed by atoms with Crippen LogP contribution >= 0.6 is 23.1 Å². The predicted octanol–water partition coefficient (Wildman–Crippen LogP) is 3.56. The normalized spacial score (nSPS) is 14.3. The summed E-state index contributed by atoms with van der Waals surface area (Å²) in [6.45, 7) is 3.69. The highest BCUT2D eigenvalue weighted by atomic mass is 32.2. The van der Waals surface area contributed by atoms with Gasteiger partial charge in [-0.05, 0) is 43.9 Å². The Hall–Kier alpha value is -2.46. The molecule has 1 aliphatic heterocycles. The van der Waals surface area contributed by atoms with Crippen LogP contribution in [0.25, 0.3) is 10.3 Å². The van der Waals surface area contributed by atoms with Crippen molar-refractivity contribution in [3.8, 4) is 0 Å². The molecular formula is C20H22FN5O2S2. The number of carbonyl (C=O) groups excluding carboxylic acids is 1. The molecular weight excluding hydrogens is 425 g/mol. The molecule has 3 heterocycles. The Bertz CT molecular complexity index is 1150. The van der Waals surface area contributed by atoms with E-state index in [2.05, 4.69) is 20.2 Å². The van der Waals surface area contributed by atoms with Crippen LogP contribution in [-0.4, -0.2) is 39.3 Å². The number of halogens is 1. The zero-order chi connectivity index (χ0) is 21.3. The number of hydrogen-bond donors (Lipinski definition) is 1. The van der Waals surface area contributed by atoms with Crippen LogP contribution in [-0.2, 0) is 11.8 Å². The zero-order valence-corrected chi connectivity index (χ0v) is 18.4. The summed E-state index contributed by atoms with van der Waals surface area (Å²) in [6, 6.07) is 4.25. The summed E-state index contributed by atoms with van der Waals surface area (Å²) in [4.78, 5) is 36.4. The first-order valence-corrected chi connectivity index (χ1v) is 11.5. The summed E-state index contributed by atoms with van der Waals surface area (Å²) >= 11 is 2.53. The monoisotopic (exact) mass is 447 g/mol. The maximum Gasteiger partial charge on any atom is 0.273 e. The number of thiazole rings is 1. The second-order valence-electron chi connectivity index (χ2n) is 7.25. The third-order valence-corrected chi connectivity index (χ3v) is 7.14. The second kappa shape index (κ2) is 8.73. The summed E-state index contributed by atoms with van der Waals surface area (Å²) in [5, 5.41) is 3.96. The van der Waals surface area contributed by atoms with Crippen LogP contribution in [0, 0.1) is 12.7 Å². The Morgan fingerprint density at radius 2 is 2.03 bits per heavy atom. The fourth-order valence-electron chi connectivity index (χ4n) is 3.32. The number of thioether (sulfide) groups is 1. The van der Waals surface area contributed by atoms with Gasteiger partial charge in [0, 0.05) is 25.8 Å². The van der Waals surface area contributed by atoms with Gasteiger partial charge in [0.2, 0.25) is 5.91 Å². The summed E-state index contributed by atoms with van der Waals surface area (Å²) in [6.07, 6.45) is 3.48. The van der Waals surface area contributed by atoms with E-state index in [4.69, 9.17) is 0 Å².